The summed E-state index contributed by atoms with van der Waals surface area (Å²) in [4.78, 5) is 30.4. The Morgan fingerprint density at radius 2 is 1.76 bits per heavy atom. The highest BCUT2D eigenvalue weighted by molar-refractivity contribution is 6.02. The van der Waals surface area contributed by atoms with Crippen LogP contribution < -0.4 is 0 Å². The Bertz CT molecular complexity index is 1760. The van der Waals surface area contributed by atoms with Crippen LogP contribution in [0.1, 0.15) is 60.8 Å². The number of hydrogen-bond acceptors (Lipinski definition) is 10. The molecule has 5 aromatic rings. The second kappa shape index (κ2) is 13.7. The van der Waals surface area contributed by atoms with Gasteiger partial charge in [0.05, 0.1) is 23.2 Å². The molecule has 12 heteroatoms. The van der Waals surface area contributed by atoms with E-state index >= 15 is 0 Å². The molecule has 2 N–H and O–H groups in total. The van der Waals surface area contributed by atoms with Crippen molar-refractivity contribution in [3.8, 4) is 22.5 Å². The van der Waals surface area contributed by atoms with Crippen molar-refractivity contribution in [2.75, 3.05) is 6.61 Å². The number of aromatic nitrogens is 6. The first-order valence-corrected chi connectivity index (χ1v) is 15.1. The Balaban J connectivity index is 1.22. The van der Waals surface area contributed by atoms with Gasteiger partial charge in [0.1, 0.15) is 11.9 Å². The van der Waals surface area contributed by atoms with Crippen LogP contribution in [0.2, 0.25) is 0 Å². The summed E-state index contributed by atoms with van der Waals surface area (Å²) >= 11 is 0. The third-order valence-corrected chi connectivity index (χ3v) is 7.87. The minimum atomic E-state index is -1.15. The van der Waals surface area contributed by atoms with Gasteiger partial charge in [-0.25, -0.2) is 14.6 Å². The van der Waals surface area contributed by atoms with Gasteiger partial charge in [-0.1, -0.05) is 61.0 Å². The van der Waals surface area contributed by atoms with E-state index in [9.17, 15) is 14.7 Å². The van der Waals surface area contributed by atoms with Gasteiger partial charge in [-0.2, -0.15) is 5.21 Å². The van der Waals surface area contributed by atoms with E-state index in [2.05, 4.69) is 20.6 Å². The first-order valence-electron chi connectivity index (χ1n) is 15.1. The predicted molar refractivity (Wildman–Crippen MR) is 164 cm³/mol. The molecule has 0 radical (unpaired) electrons. The van der Waals surface area contributed by atoms with E-state index in [0.717, 1.165) is 54.4 Å². The molecule has 6 rings (SSSR count). The van der Waals surface area contributed by atoms with Crippen LogP contribution in [0.5, 0.6) is 0 Å². The molecular formula is C33H34N6O6. The molecule has 0 amide bonds. The number of ether oxygens (including phenoxy) is 3. The SMILES string of the molecule is CC(OC(=O)OC1CCCCC1)OC(=O)c1cccc2nc(CCO)n(Cc3ccc(-c4ccccc4-c4nn[nH]n4)cc3)c12. The molecule has 1 fully saturated rings. The molecule has 3 aromatic carbocycles. The van der Waals surface area contributed by atoms with Gasteiger partial charge in [-0.05, 0) is 59.7 Å². The standard InChI is InChI=1S/C33H34N6O6/c1-21(44-33(42)45-24-8-3-2-4-9-24)43-32(41)27-12-7-13-28-30(27)39(29(34-28)18-19-40)20-22-14-16-23(17-15-22)25-10-5-6-11-26(25)31-35-37-38-36-31/h5-7,10-17,21,24,40H,2-4,8-9,18-20H2,1H3,(H,35,36,37,38). The molecule has 2 heterocycles. The van der Waals surface area contributed by atoms with Gasteiger partial charge in [-0.15, -0.1) is 10.2 Å². The normalized spacial score (nSPS) is 14.3. The fourth-order valence-corrected chi connectivity index (χ4v) is 5.76. The van der Waals surface area contributed by atoms with E-state index < -0.39 is 18.4 Å². The molecule has 45 heavy (non-hydrogen) atoms. The lowest BCUT2D eigenvalue weighted by molar-refractivity contribution is -0.0914. The molecule has 1 aliphatic carbocycles. The lowest BCUT2D eigenvalue weighted by atomic mass is 9.98. The molecule has 0 aliphatic heterocycles. The lowest BCUT2D eigenvalue weighted by Gasteiger charge is -2.22. The minimum Gasteiger partial charge on any atom is -0.431 e. The summed E-state index contributed by atoms with van der Waals surface area (Å²) in [6.45, 7) is 1.76. The number of esters is 1. The number of fused-ring (bicyclic) bond motifs is 1. The van der Waals surface area contributed by atoms with Crippen LogP contribution in [0.25, 0.3) is 33.5 Å². The molecular weight excluding hydrogens is 576 g/mol. The number of carbonyl (C=O) groups is 2. The number of aromatic amines is 1. The molecule has 0 bridgehead atoms. The van der Waals surface area contributed by atoms with Crippen molar-refractivity contribution in [3.63, 3.8) is 0 Å². The zero-order valence-electron chi connectivity index (χ0n) is 24.9. The number of rotatable bonds is 10. The number of carbonyl (C=O) groups excluding carboxylic acids is 2. The van der Waals surface area contributed by atoms with Gasteiger partial charge in [0.15, 0.2) is 0 Å². The van der Waals surface area contributed by atoms with Crippen molar-refractivity contribution < 1.29 is 28.9 Å². The van der Waals surface area contributed by atoms with Crippen molar-refractivity contribution in [2.45, 2.75) is 64.4 Å². The number of tetrazole rings is 1. The van der Waals surface area contributed by atoms with Crippen molar-refractivity contribution >= 4 is 23.2 Å². The van der Waals surface area contributed by atoms with Crippen LogP contribution in [-0.4, -0.2) is 66.4 Å². The first-order chi connectivity index (χ1) is 22.0. The van der Waals surface area contributed by atoms with E-state index in [4.69, 9.17) is 19.2 Å². The number of imidazole rings is 1. The molecule has 2 aromatic heterocycles. The average Bonchev–Trinajstić information content (AvgIpc) is 3.71. The number of hydrogen-bond donors (Lipinski definition) is 2. The number of para-hydroxylation sites is 1. The molecule has 1 unspecified atom stereocenters. The van der Waals surface area contributed by atoms with E-state index in [0.29, 0.717) is 35.6 Å². The van der Waals surface area contributed by atoms with E-state index in [1.165, 1.54) is 6.92 Å². The summed E-state index contributed by atoms with van der Waals surface area (Å²) in [5.41, 5.74) is 5.17. The number of nitrogens with one attached hydrogen (secondary N) is 1. The van der Waals surface area contributed by atoms with E-state index in [-0.39, 0.29) is 18.3 Å². The van der Waals surface area contributed by atoms with E-state index in [1.54, 1.807) is 12.1 Å². The maximum atomic E-state index is 13.4. The summed E-state index contributed by atoms with van der Waals surface area (Å²) in [6.07, 6.45) is 2.90. The summed E-state index contributed by atoms with van der Waals surface area (Å²) in [7, 11) is 0. The number of aliphatic hydroxyl groups is 1. The second-order valence-electron chi connectivity index (χ2n) is 11.0. The van der Waals surface area contributed by atoms with Gasteiger partial charge in [0, 0.05) is 25.5 Å². The highest BCUT2D eigenvalue weighted by atomic mass is 16.8. The third-order valence-electron chi connectivity index (χ3n) is 7.87. The maximum Gasteiger partial charge on any atom is 0.511 e. The van der Waals surface area contributed by atoms with Crippen LogP contribution in [0, 0.1) is 0 Å². The second-order valence-corrected chi connectivity index (χ2v) is 11.0. The van der Waals surface area contributed by atoms with Gasteiger partial charge >= 0.3 is 12.1 Å². The molecule has 0 saturated heterocycles. The number of benzene rings is 3. The van der Waals surface area contributed by atoms with Crippen LogP contribution in [-0.2, 0) is 27.2 Å². The van der Waals surface area contributed by atoms with Crippen molar-refractivity contribution in [3.05, 3.63) is 83.7 Å². The molecule has 232 valence electrons. The molecule has 0 spiro atoms. The Morgan fingerprint density at radius 1 is 0.978 bits per heavy atom. The zero-order valence-corrected chi connectivity index (χ0v) is 24.9. The Morgan fingerprint density at radius 3 is 2.49 bits per heavy atom. The summed E-state index contributed by atoms with van der Waals surface area (Å²) in [5, 5.41) is 24.2. The molecule has 1 aliphatic rings. The summed E-state index contributed by atoms with van der Waals surface area (Å²) in [5.74, 6) is 0.469. The van der Waals surface area contributed by atoms with Crippen LogP contribution >= 0.6 is 0 Å². The number of H-pyrrole nitrogens is 1. The van der Waals surface area contributed by atoms with Crippen LogP contribution in [0.3, 0.4) is 0 Å². The Kier molecular flexibility index (Phi) is 9.11. The first kappa shape index (κ1) is 29.9. The topological polar surface area (TPSA) is 154 Å². The zero-order chi connectivity index (χ0) is 31.2. The van der Waals surface area contributed by atoms with Crippen LogP contribution in [0.4, 0.5) is 4.79 Å². The van der Waals surface area contributed by atoms with Crippen molar-refractivity contribution in [1.29, 1.82) is 0 Å². The Labute approximate surface area is 259 Å². The average molecular weight is 611 g/mol. The number of aliphatic hydroxyl groups excluding tert-OH is 1. The highest BCUT2D eigenvalue weighted by Crippen LogP contribution is 2.30. The monoisotopic (exact) mass is 610 g/mol. The molecule has 1 saturated carbocycles. The Hall–Kier alpha value is -5.10. The van der Waals surface area contributed by atoms with Gasteiger partial charge in [0.25, 0.3) is 0 Å². The summed E-state index contributed by atoms with van der Waals surface area (Å²) < 4.78 is 18.1. The van der Waals surface area contributed by atoms with Crippen molar-refractivity contribution in [2.24, 2.45) is 0 Å². The quantitative estimate of drug-likeness (QED) is 0.154. The summed E-state index contributed by atoms with van der Waals surface area (Å²) in [6, 6.07) is 21.0. The van der Waals surface area contributed by atoms with E-state index in [1.807, 2.05) is 59.2 Å². The smallest absolute Gasteiger partial charge is 0.431 e. The lowest BCUT2D eigenvalue weighted by Crippen LogP contribution is -2.26. The maximum absolute atomic E-state index is 13.4. The van der Waals surface area contributed by atoms with Gasteiger partial charge in [-0.3, -0.25) is 0 Å². The molecule has 12 nitrogen and oxygen atoms in total. The fraction of sp³-hybridized carbons (Fsp3) is 0.333. The molecule has 1 atom stereocenters. The highest BCUT2D eigenvalue weighted by Gasteiger charge is 2.24. The minimum absolute atomic E-state index is 0.108. The van der Waals surface area contributed by atoms with Gasteiger partial charge in [0.2, 0.25) is 12.1 Å². The third kappa shape index (κ3) is 6.86. The van der Waals surface area contributed by atoms with Crippen LogP contribution in [0.15, 0.2) is 66.7 Å². The van der Waals surface area contributed by atoms with Crippen molar-refractivity contribution in [1.82, 2.24) is 30.2 Å². The number of nitrogens with zero attached hydrogens (tertiary/aromatic N) is 5. The largest absolute Gasteiger partial charge is 0.511 e. The fourth-order valence-electron chi connectivity index (χ4n) is 5.76. The predicted octanol–water partition coefficient (Wildman–Crippen LogP) is 5.46. The van der Waals surface area contributed by atoms with Gasteiger partial charge < -0.3 is 23.9 Å².